The Balaban J connectivity index is 1.44. The van der Waals surface area contributed by atoms with Crippen LogP contribution in [-0.2, 0) is 5.41 Å². The number of hydrogen-bond donors (Lipinski definition) is 0. The summed E-state index contributed by atoms with van der Waals surface area (Å²) in [7, 11) is 0. The van der Waals surface area contributed by atoms with Crippen molar-refractivity contribution in [2.75, 3.05) is 0 Å². The summed E-state index contributed by atoms with van der Waals surface area (Å²) >= 11 is 0. The first-order valence-electron chi connectivity index (χ1n) is 25.2. The van der Waals surface area contributed by atoms with E-state index in [-0.39, 0.29) is 81.9 Å². The van der Waals surface area contributed by atoms with Gasteiger partial charge in [0.1, 0.15) is 0 Å². The van der Waals surface area contributed by atoms with Crippen LogP contribution in [0.3, 0.4) is 0 Å². The van der Waals surface area contributed by atoms with Gasteiger partial charge < -0.3 is 0 Å². The molecule has 10 rings (SSSR count). The first-order valence-corrected chi connectivity index (χ1v) is 14.2. The average Bonchev–Trinajstić information content (AvgIpc) is 3.27. The lowest BCUT2D eigenvalue weighted by atomic mass is 9.68. The highest BCUT2D eigenvalue weighted by Crippen LogP contribution is 2.50. The summed E-state index contributed by atoms with van der Waals surface area (Å²) in [6.07, 6.45) is 0. The third-order valence-electron chi connectivity index (χ3n) is 8.78. The van der Waals surface area contributed by atoms with E-state index in [1.54, 1.807) is 13.8 Å². The van der Waals surface area contributed by atoms with E-state index in [9.17, 15) is 11.0 Å². The summed E-state index contributed by atoms with van der Waals surface area (Å²) < 4.78 is 200. The van der Waals surface area contributed by atoms with E-state index >= 15 is 0 Å². The van der Waals surface area contributed by atoms with Crippen molar-refractivity contribution >= 4 is 53.9 Å². The molecule has 0 atom stereocenters. The van der Waals surface area contributed by atoms with Crippen molar-refractivity contribution in [3.05, 3.63) is 156 Å². The van der Waals surface area contributed by atoms with Gasteiger partial charge in [-0.2, -0.15) is 0 Å². The second-order valence-electron chi connectivity index (χ2n) is 11.5. The first-order chi connectivity index (χ1) is 31.2. The van der Waals surface area contributed by atoms with Crippen molar-refractivity contribution in [2.24, 2.45) is 0 Å². The van der Waals surface area contributed by atoms with Gasteiger partial charge in [-0.15, -0.1) is 0 Å². The molecule has 0 aliphatic heterocycles. The molecule has 210 valence electrons. The molecule has 0 fully saturated rings. The predicted octanol–water partition coefficient (Wildman–Crippen LogP) is 12.5. The molecule has 0 heterocycles. The highest BCUT2D eigenvalue weighted by molar-refractivity contribution is 6.25. The molecule has 9 aromatic rings. The van der Waals surface area contributed by atoms with E-state index < -0.39 is 155 Å². The van der Waals surface area contributed by atoms with E-state index in [4.69, 9.17) is 19.2 Å². The zero-order valence-corrected chi connectivity index (χ0v) is 23.7. The maximum Gasteiger partial charge on any atom is 0.0636 e. The first kappa shape index (κ1) is 11.8. The largest absolute Gasteiger partial charge is 0.0636 e. The van der Waals surface area contributed by atoms with Crippen molar-refractivity contribution in [1.82, 2.24) is 0 Å². The smallest absolute Gasteiger partial charge is 0.0619 e. The molecule has 0 aromatic heterocycles. The van der Waals surface area contributed by atoms with Gasteiger partial charge in [0.2, 0.25) is 0 Å². The fourth-order valence-electron chi connectivity index (χ4n) is 6.65. The van der Waals surface area contributed by atoms with E-state index in [1.165, 1.54) is 6.07 Å². The van der Waals surface area contributed by atoms with Crippen LogP contribution in [0.1, 0.15) is 55.1 Å². The van der Waals surface area contributed by atoms with Crippen LogP contribution in [0.2, 0.25) is 0 Å². The molecular weight excluding hydrogens is 540 g/mol. The van der Waals surface area contributed by atoms with Crippen LogP contribution >= 0.6 is 0 Å². The Morgan fingerprint density at radius 3 is 1.96 bits per heavy atom. The van der Waals surface area contributed by atoms with Crippen molar-refractivity contribution in [3.8, 4) is 33.4 Å². The second-order valence-corrected chi connectivity index (χ2v) is 11.5. The SMILES string of the molecule is [2H]c1cc2c(-c3c([2H])c([2H])c([2H])c4c([2H])cc(-c5c([2H])c([2H])c6c([2H])c([2H])c7c([2H])c([2H])c([2H])c8c([2H])c([2H])c5c6c78)c([2H])c34)c([2H])c([2H])c3c2c(c1[2H])-c1c([2H])c([2H])c([2H])c([2H])c1C3(C)C. The molecule has 0 bridgehead atoms. The Morgan fingerprint density at radius 2 is 1.07 bits per heavy atom. The topological polar surface area (TPSA) is 0 Å². The fraction of sp³-hybridized carbons (Fsp3) is 0.0667. The molecule has 0 saturated carbocycles. The van der Waals surface area contributed by atoms with Gasteiger partial charge in [0.25, 0.3) is 0 Å². The van der Waals surface area contributed by atoms with Crippen LogP contribution in [-0.4, -0.2) is 0 Å². The quantitative estimate of drug-likeness (QED) is 0.175. The molecule has 0 amide bonds. The molecule has 1 aliphatic carbocycles. The Labute approximate surface area is 293 Å². The molecule has 0 heteroatoms. The van der Waals surface area contributed by atoms with Crippen molar-refractivity contribution in [1.29, 1.82) is 0 Å². The summed E-state index contributed by atoms with van der Waals surface area (Å²) in [6.45, 7) is 3.19. The summed E-state index contributed by atoms with van der Waals surface area (Å²) in [5.41, 5.74) is -3.21. The molecule has 0 nitrogen and oxygen atoms in total. The third kappa shape index (κ3) is 3.32. The highest BCUT2D eigenvalue weighted by Gasteiger charge is 2.33. The van der Waals surface area contributed by atoms with Crippen LogP contribution in [0.4, 0.5) is 0 Å². The summed E-state index contributed by atoms with van der Waals surface area (Å²) in [6, 6.07) is -11.4. The van der Waals surface area contributed by atoms with Crippen LogP contribution in [0.25, 0.3) is 87.2 Å². The third-order valence-corrected chi connectivity index (χ3v) is 8.78. The van der Waals surface area contributed by atoms with Crippen molar-refractivity contribution in [3.63, 3.8) is 0 Å². The molecule has 0 N–H and O–H groups in total. The molecule has 9 aromatic carbocycles. The van der Waals surface area contributed by atoms with Gasteiger partial charge in [-0.05, 0) is 104 Å². The molecule has 1 aliphatic rings. The number of hydrogen-bond acceptors (Lipinski definition) is 0. The second kappa shape index (κ2) is 8.80. The number of rotatable bonds is 2. The predicted molar refractivity (Wildman–Crippen MR) is 194 cm³/mol. The van der Waals surface area contributed by atoms with E-state index in [2.05, 4.69) is 0 Å². The molecule has 0 spiro atoms. The Hall–Kier alpha value is -5.46. The number of fused-ring (bicyclic) bond motifs is 3. The lowest BCUT2D eigenvalue weighted by Gasteiger charge is -2.35. The standard InChI is InChI=1S/C45H30/c1-45(2)40-15-4-3-11-35(40)37-14-7-13-36-34(24-25-41(45)44(36)37)33-12-6-8-27-16-19-31(26-39(27)33)32-22-20-30-18-17-28-9-5-10-29-21-23-38(32)43(30)42(28)29/h3-26H,1-2H3/i3D,4D,5D,6D,7D,8D,9D,10D,11D,12D,14D,15D,16D,17D,18D,20D,21D,22D,23D,24D,25D,26D. The lowest BCUT2D eigenvalue weighted by molar-refractivity contribution is 0.645. The molecule has 45 heavy (non-hydrogen) atoms. The molecule has 0 radical (unpaired) electrons. The minimum absolute atomic E-state index is 0.0231. The van der Waals surface area contributed by atoms with Crippen LogP contribution in [0.5, 0.6) is 0 Å². The van der Waals surface area contributed by atoms with E-state index in [0.29, 0.717) is 0 Å². The Bertz CT molecular complexity index is 3880. The van der Waals surface area contributed by atoms with Gasteiger partial charge in [-0.1, -0.05) is 153 Å². The molecule has 0 unspecified atom stereocenters. The maximum absolute atomic E-state index is 9.95. The van der Waals surface area contributed by atoms with Crippen LogP contribution < -0.4 is 0 Å². The number of benzene rings is 9. The zero-order chi connectivity index (χ0) is 49.0. The van der Waals surface area contributed by atoms with Gasteiger partial charge >= 0.3 is 0 Å². The van der Waals surface area contributed by atoms with Crippen molar-refractivity contribution in [2.45, 2.75) is 19.3 Å². The van der Waals surface area contributed by atoms with Gasteiger partial charge in [-0.25, -0.2) is 0 Å². The zero-order valence-electron chi connectivity index (χ0n) is 45.7. The summed E-state index contributed by atoms with van der Waals surface area (Å²) in [5, 5.41) is -2.49. The lowest BCUT2D eigenvalue weighted by Crippen LogP contribution is -2.23. The van der Waals surface area contributed by atoms with Gasteiger partial charge in [0.05, 0.1) is 30.2 Å². The fourth-order valence-corrected chi connectivity index (χ4v) is 6.65. The summed E-state index contributed by atoms with van der Waals surface area (Å²) in [5.74, 6) is 0. The minimum Gasteiger partial charge on any atom is -0.0619 e. The molecule has 0 saturated heterocycles. The Morgan fingerprint density at radius 1 is 0.400 bits per heavy atom. The van der Waals surface area contributed by atoms with E-state index in [1.807, 2.05) is 0 Å². The normalized spacial score (nSPS) is 20.6. The minimum atomic E-state index is -1.44. The van der Waals surface area contributed by atoms with E-state index in [0.717, 1.165) is 6.07 Å². The van der Waals surface area contributed by atoms with Gasteiger partial charge in [0, 0.05) is 5.41 Å². The highest BCUT2D eigenvalue weighted by atomic mass is 14.4. The maximum atomic E-state index is 9.95. The molecular formula is C45H30. The van der Waals surface area contributed by atoms with Crippen molar-refractivity contribution < 1.29 is 30.2 Å². The van der Waals surface area contributed by atoms with Gasteiger partial charge in [-0.3, -0.25) is 0 Å². The van der Waals surface area contributed by atoms with Gasteiger partial charge in [0.15, 0.2) is 0 Å². The van der Waals surface area contributed by atoms with Crippen LogP contribution in [0, 0.1) is 0 Å². The van der Waals surface area contributed by atoms with Crippen LogP contribution in [0.15, 0.2) is 145 Å². The average molecular weight is 593 g/mol. The monoisotopic (exact) mass is 592 g/mol. The summed E-state index contributed by atoms with van der Waals surface area (Å²) in [4.78, 5) is 0. The Kier molecular flexibility index (Phi) is 2.31.